The monoisotopic (exact) mass is 387 g/mol. The van der Waals surface area contributed by atoms with E-state index in [0.29, 0.717) is 12.4 Å². The summed E-state index contributed by atoms with van der Waals surface area (Å²) >= 11 is 0. The molecule has 0 spiro atoms. The molecule has 1 atom stereocenters. The second-order valence-electron chi connectivity index (χ2n) is 6.80. The fourth-order valence-electron chi connectivity index (χ4n) is 3.52. The van der Waals surface area contributed by atoms with Gasteiger partial charge in [-0.3, -0.25) is 9.59 Å². The van der Waals surface area contributed by atoms with E-state index in [0.717, 1.165) is 16.7 Å². The molecular formula is C22H21N5O2. The SMILES string of the molecule is CC(=O)N1C=Cc2ccccc2C1CC(=O)NCc1cccnc1-n1cccn1. The van der Waals surface area contributed by atoms with Crippen LogP contribution in [-0.2, 0) is 16.1 Å². The highest BCUT2D eigenvalue weighted by Crippen LogP contribution is 2.32. The normalized spacial score (nSPS) is 15.1. The largest absolute Gasteiger partial charge is 0.352 e. The minimum atomic E-state index is -0.326. The van der Waals surface area contributed by atoms with E-state index < -0.39 is 0 Å². The van der Waals surface area contributed by atoms with Gasteiger partial charge in [0.05, 0.1) is 12.5 Å². The summed E-state index contributed by atoms with van der Waals surface area (Å²) in [4.78, 5) is 30.8. The van der Waals surface area contributed by atoms with Crippen LogP contribution in [0.25, 0.3) is 11.9 Å². The van der Waals surface area contributed by atoms with Crippen molar-refractivity contribution >= 4 is 17.9 Å². The number of carbonyl (C=O) groups excluding carboxylic acids is 2. The van der Waals surface area contributed by atoms with Crippen LogP contribution < -0.4 is 5.32 Å². The molecule has 29 heavy (non-hydrogen) atoms. The van der Waals surface area contributed by atoms with Crippen LogP contribution in [0.4, 0.5) is 0 Å². The Morgan fingerprint density at radius 1 is 1.10 bits per heavy atom. The van der Waals surface area contributed by atoms with Gasteiger partial charge in [0, 0.05) is 43.8 Å². The maximum Gasteiger partial charge on any atom is 0.223 e. The lowest BCUT2D eigenvalue weighted by Crippen LogP contribution is -2.35. The molecule has 146 valence electrons. The first-order valence-electron chi connectivity index (χ1n) is 9.40. The molecule has 1 aromatic carbocycles. The third kappa shape index (κ3) is 3.94. The Kier molecular flexibility index (Phi) is 5.20. The highest BCUT2D eigenvalue weighted by molar-refractivity contribution is 5.81. The maximum atomic E-state index is 12.7. The summed E-state index contributed by atoms with van der Waals surface area (Å²) in [6, 6.07) is 13.0. The zero-order valence-corrected chi connectivity index (χ0v) is 16.0. The molecule has 1 unspecified atom stereocenters. The van der Waals surface area contributed by atoms with Crippen LogP contribution in [0.3, 0.4) is 0 Å². The molecule has 1 aliphatic heterocycles. The number of rotatable bonds is 5. The molecule has 2 amide bonds. The minimum absolute atomic E-state index is 0.0956. The van der Waals surface area contributed by atoms with Gasteiger partial charge in [-0.05, 0) is 29.3 Å². The van der Waals surface area contributed by atoms with Gasteiger partial charge in [-0.15, -0.1) is 0 Å². The van der Waals surface area contributed by atoms with Crippen molar-refractivity contribution < 1.29 is 9.59 Å². The molecule has 3 heterocycles. The fraction of sp³-hybridized carbons (Fsp3) is 0.182. The first kappa shape index (κ1) is 18.6. The molecule has 0 fully saturated rings. The van der Waals surface area contributed by atoms with Crippen LogP contribution in [-0.4, -0.2) is 31.5 Å². The summed E-state index contributed by atoms with van der Waals surface area (Å²) in [5.74, 6) is 0.442. The van der Waals surface area contributed by atoms with E-state index in [1.165, 1.54) is 6.92 Å². The third-order valence-electron chi connectivity index (χ3n) is 4.91. The van der Waals surface area contributed by atoms with Gasteiger partial charge in [-0.1, -0.05) is 30.3 Å². The van der Waals surface area contributed by atoms with Crippen LogP contribution >= 0.6 is 0 Å². The van der Waals surface area contributed by atoms with Crippen LogP contribution in [0, 0.1) is 0 Å². The number of aromatic nitrogens is 3. The Labute approximate surface area is 168 Å². The molecule has 0 aliphatic carbocycles. The first-order valence-corrected chi connectivity index (χ1v) is 9.40. The van der Waals surface area contributed by atoms with Gasteiger partial charge in [-0.2, -0.15) is 5.10 Å². The lowest BCUT2D eigenvalue weighted by Gasteiger charge is -2.32. The van der Waals surface area contributed by atoms with Crippen molar-refractivity contribution in [1.82, 2.24) is 25.0 Å². The second kappa shape index (κ2) is 8.10. The minimum Gasteiger partial charge on any atom is -0.352 e. The molecule has 1 aliphatic rings. The van der Waals surface area contributed by atoms with E-state index >= 15 is 0 Å². The molecule has 0 radical (unpaired) electrons. The van der Waals surface area contributed by atoms with Crippen molar-refractivity contribution in [2.75, 3.05) is 0 Å². The van der Waals surface area contributed by atoms with Crippen molar-refractivity contribution in [1.29, 1.82) is 0 Å². The Morgan fingerprint density at radius 2 is 1.97 bits per heavy atom. The number of pyridine rings is 1. The molecule has 4 rings (SSSR count). The van der Waals surface area contributed by atoms with Gasteiger partial charge in [0.25, 0.3) is 0 Å². The lowest BCUT2D eigenvalue weighted by molar-refractivity contribution is -0.130. The van der Waals surface area contributed by atoms with E-state index in [1.54, 1.807) is 28.2 Å². The fourth-order valence-corrected chi connectivity index (χ4v) is 3.52. The number of hydrogen-bond acceptors (Lipinski definition) is 4. The van der Waals surface area contributed by atoms with Gasteiger partial charge in [0.2, 0.25) is 11.8 Å². The molecule has 7 nitrogen and oxygen atoms in total. The Morgan fingerprint density at radius 3 is 2.76 bits per heavy atom. The highest BCUT2D eigenvalue weighted by atomic mass is 16.2. The predicted octanol–water partition coefficient (Wildman–Crippen LogP) is 2.85. The quantitative estimate of drug-likeness (QED) is 0.730. The van der Waals surface area contributed by atoms with Gasteiger partial charge in [-0.25, -0.2) is 9.67 Å². The van der Waals surface area contributed by atoms with Gasteiger partial charge < -0.3 is 10.2 Å². The van der Waals surface area contributed by atoms with Crippen LogP contribution in [0.15, 0.2) is 67.3 Å². The average molecular weight is 387 g/mol. The summed E-state index contributed by atoms with van der Waals surface area (Å²) in [7, 11) is 0. The second-order valence-corrected chi connectivity index (χ2v) is 6.80. The zero-order valence-electron chi connectivity index (χ0n) is 16.0. The van der Waals surface area contributed by atoms with Gasteiger partial charge in [0.15, 0.2) is 5.82 Å². The van der Waals surface area contributed by atoms with Crippen molar-refractivity contribution in [3.63, 3.8) is 0 Å². The predicted molar refractivity (Wildman–Crippen MR) is 109 cm³/mol. The smallest absolute Gasteiger partial charge is 0.223 e. The number of carbonyl (C=O) groups is 2. The third-order valence-corrected chi connectivity index (χ3v) is 4.91. The number of hydrogen-bond donors (Lipinski definition) is 1. The Hall–Kier alpha value is -3.74. The maximum absolute atomic E-state index is 12.7. The number of benzene rings is 1. The van der Waals surface area contributed by atoms with E-state index in [2.05, 4.69) is 15.4 Å². The topological polar surface area (TPSA) is 80.1 Å². The molecule has 1 N–H and O–H groups in total. The van der Waals surface area contributed by atoms with Crippen molar-refractivity contribution in [3.05, 3.63) is 83.9 Å². The van der Waals surface area contributed by atoms with E-state index in [1.807, 2.05) is 54.7 Å². The summed E-state index contributed by atoms with van der Waals surface area (Å²) in [6.07, 6.45) is 9.01. The molecule has 7 heteroatoms. The Balaban J connectivity index is 1.49. The van der Waals surface area contributed by atoms with Crippen molar-refractivity contribution in [2.24, 2.45) is 0 Å². The summed E-state index contributed by atoms with van der Waals surface area (Å²) < 4.78 is 1.67. The number of amides is 2. The zero-order chi connectivity index (χ0) is 20.2. The average Bonchev–Trinajstić information content (AvgIpc) is 3.27. The molecule has 2 aromatic heterocycles. The van der Waals surface area contributed by atoms with E-state index in [9.17, 15) is 9.59 Å². The van der Waals surface area contributed by atoms with Crippen LogP contribution in [0.1, 0.15) is 36.1 Å². The number of nitrogens with zero attached hydrogens (tertiary/aromatic N) is 4. The number of nitrogens with one attached hydrogen (secondary N) is 1. The lowest BCUT2D eigenvalue weighted by atomic mass is 9.93. The van der Waals surface area contributed by atoms with E-state index in [-0.39, 0.29) is 24.3 Å². The van der Waals surface area contributed by atoms with Crippen LogP contribution in [0.5, 0.6) is 0 Å². The summed E-state index contributed by atoms with van der Waals surface area (Å²) in [5.41, 5.74) is 2.85. The van der Waals surface area contributed by atoms with Gasteiger partial charge >= 0.3 is 0 Å². The van der Waals surface area contributed by atoms with E-state index in [4.69, 9.17) is 0 Å². The summed E-state index contributed by atoms with van der Waals surface area (Å²) in [5, 5.41) is 7.17. The van der Waals surface area contributed by atoms with Crippen molar-refractivity contribution in [3.8, 4) is 5.82 Å². The molecule has 0 bridgehead atoms. The molecule has 0 saturated heterocycles. The van der Waals surface area contributed by atoms with Crippen molar-refractivity contribution in [2.45, 2.75) is 25.9 Å². The standard InChI is InChI=1S/C22H21N5O2/c1-16(28)26-13-9-17-6-2-3-8-19(17)20(26)14-21(29)24-15-18-7-4-10-23-22(18)27-12-5-11-25-27/h2-13,20H,14-15H2,1H3,(H,24,29). The van der Waals surface area contributed by atoms with Gasteiger partial charge in [0.1, 0.15) is 0 Å². The van der Waals surface area contributed by atoms with Crippen LogP contribution in [0.2, 0.25) is 0 Å². The molecule has 3 aromatic rings. The summed E-state index contributed by atoms with van der Waals surface area (Å²) in [6.45, 7) is 1.83. The first-order chi connectivity index (χ1) is 14.1. The highest BCUT2D eigenvalue weighted by Gasteiger charge is 2.28. The molecular weight excluding hydrogens is 366 g/mol. The molecule has 0 saturated carbocycles. The number of fused-ring (bicyclic) bond motifs is 1. The Bertz CT molecular complexity index is 1060.